The van der Waals surface area contributed by atoms with Crippen molar-refractivity contribution in [3.05, 3.63) is 24.0 Å². The topological polar surface area (TPSA) is 43.4 Å². The van der Waals surface area contributed by atoms with E-state index < -0.39 is 5.60 Å². The van der Waals surface area contributed by atoms with Gasteiger partial charge in [0.2, 0.25) is 0 Å². The Kier molecular flexibility index (Phi) is 2.59. The second-order valence-corrected chi connectivity index (χ2v) is 7.13. The van der Waals surface area contributed by atoms with Gasteiger partial charge in [-0.1, -0.05) is 31.9 Å². The van der Waals surface area contributed by atoms with E-state index in [1.54, 1.807) is 6.26 Å². The number of unbranched alkanes of at least 4 members (excludes halogenated alkanes) is 1. The summed E-state index contributed by atoms with van der Waals surface area (Å²) in [6, 6.07) is 0. The molecule has 0 unspecified atom stereocenters. The van der Waals surface area contributed by atoms with E-state index in [1.165, 1.54) is 5.57 Å². The van der Waals surface area contributed by atoms with Gasteiger partial charge in [-0.3, -0.25) is 9.59 Å². The molecule has 4 rings (SSSR count). The first-order valence-corrected chi connectivity index (χ1v) is 8.20. The van der Waals surface area contributed by atoms with E-state index in [0.717, 1.165) is 19.3 Å². The molecular weight excluding hydrogens is 264 g/mol. The third-order valence-electron chi connectivity index (χ3n) is 6.42. The molecular formula is C18H22O3. The summed E-state index contributed by atoms with van der Waals surface area (Å²) < 4.78 is 6.00. The van der Waals surface area contributed by atoms with Crippen molar-refractivity contribution in [3.63, 3.8) is 0 Å². The SMILES string of the molecule is CCCCC1=C[C@@]23[C@@H](CC(=O)[C@@H]2C)CC(=O)[C@@]32OC=C[C@@H]12. The van der Waals surface area contributed by atoms with Crippen molar-refractivity contribution >= 4 is 11.6 Å². The molecule has 3 nitrogen and oxygen atoms in total. The number of hydrogen-bond acceptors (Lipinski definition) is 3. The van der Waals surface area contributed by atoms with Crippen LogP contribution in [0.5, 0.6) is 0 Å². The molecule has 0 amide bonds. The molecule has 1 heterocycles. The second-order valence-electron chi connectivity index (χ2n) is 7.13. The largest absolute Gasteiger partial charge is 0.485 e. The Morgan fingerprint density at radius 3 is 2.90 bits per heavy atom. The van der Waals surface area contributed by atoms with Gasteiger partial charge in [0.15, 0.2) is 11.4 Å². The van der Waals surface area contributed by atoms with Crippen LogP contribution in [0, 0.1) is 23.2 Å². The van der Waals surface area contributed by atoms with Crippen molar-refractivity contribution in [2.24, 2.45) is 23.2 Å². The Labute approximate surface area is 125 Å². The molecule has 3 aliphatic carbocycles. The first kappa shape index (κ1) is 13.3. The maximum atomic E-state index is 12.8. The number of hydrogen-bond donors (Lipinski definition) is 0. The first-order valence-electron chi connectivity index (χ1n) is 8.20. The molecule has 1 aliphatic heterocycles. The van der Waals surface area contributed by atoms with Crippen LogP contribution in [0.25, 0.3) is 0 Å². The van der Waals surface area contributed by atoms with E-state index in [2.05, 4.69) is 13.0 Å². The lowest BCUT2D eigenvalue weighted by Gasteiger charge is -2.40. The van der Waals surface area contributed by atoms with E-state index >= 15 is 0 Å². The fourth-order valence-corrected chi connectivity index (χ4v) is 5.48. The molecule has 0 aromatic heterocycles. The second kappa shape index (κ2) is 4.08. The van der Waals surface area contributed by atoms with Gasteiger partial charge in [-0.15, -0.1) is 0 Å². The van der Waals surface area contributed by atoms with E-state index in [9.17, 15) is 9.59 Å². The fourth-order valence-electron chi connectivity index (χ4n) is 5.48. The third-order valence-corrected chi connectivity index (χ3v) is 6.42. The van der Waals surface area contributed by atoms with Crippen molar-refractivity contribution in [1.82, 2.24) is 0 Å². The smallest absolute Gasteiger partial charge is 0.186 e. The van der Waals surface area contributed by atoms with Crippen LogP contribution in [0.3, 0.4) is 0 Å². The van der Waals surface area contributed by atoms with Gasteiger partial charge in [0.25, 0.3) is 0 Å². The van der Waals surface area contributed by atoms with Crippen LogP contribution < -0.4 is 0 Å². The molecule has 5 atom stereocenters. The summed E-state index contributed by atoms with van der Waals surface area (Å²) in [5.74, 6) is 0.623. The average Bonchev–Trinajstić information content (AvgIpc) is 3.11. The van der Waals surface area contributed by atoms with Gasteiger partial charge in [0, 0.05) is 30.1 Å². The summed E-state index contributed by atoms with van der Waals surface area (Å²) in [5, 5.41) is 0. The maximum absolute atomic E-state index is 12.8. The minimum absolute atomic E-state index is 0.0647. The molecule has 3 heteroatoms. The van der Waals surface area contributed by atoms with Crippen LogP contribution in [0.15, 0.2) is 24.0 Å². The molecule has 0 N–H and O–H groups in total. The molecule has 4 aliphatic rings. The highest BCUT2D eigenvalue weighted by molar-refractivity contribution is 6.00. The van der Waals surface area contributed by atoms with Crippen molar-refractivity contribution in [1.29, 1.82) is 0 Å². The molecule has 0 bridgehead atoms. The number of carbonyl (C=O) groups excluding carboxylic acids is 2. The molecule has 0 radical (unpaired) electrons. The number of ether oxygens (including phenoxy) is 1. The number of ketones is 2. The summed E-state index contributed by atoms with van der Waals surface area (Å²) in [6.45, 7) is 4.18. The van der Waals surface area contributed by atoms with Gasteiger partial charge < -0.3 is 4.74 Å². The summed E-state index contributed by atoms with van der Waals surface area (Å²) in [5.41, 5.74) is 0.162. The molecule has 0 saturated heterocycles. The summed E-state index contributed by atoms with van der Waals surface area (Å²) in [7, 11) is 0. The summed E-state index contributed by atoms with van der Waals surface area (Å²) in [6.07, 6.45) is 10.4. The van der Waals surface area contributed by atoms with Gasteiger partial charge in [0.05, 0.1) is 6.26 Å². The predicted octanol–water partition coefficient (Wildman–Crippen LogP) is 3.20. The zero-order chi connectivity index (χ0) is 14.8. The molecule has 112 valence electrons. The summed E-state index contributed by atoms with van der Waals surface area (Å²) in [4.78, 5) is 25.2. The van der Waals surface area contributed by atoms with Crippen molar-refractivity contribution < 1.29 is 14.3 Å². The van der Waals surface area contributed by atoms with Gasteiger partial charge in [-0.2, -0.15) is 0 Å². The van der Waals surface area contributed by atoms with Crippen molar-refractivity contribution in [3.8, 4) is 0 Å². The van der Waals surface area contributed by atoms with Crippen LogP contribution in [-0.2, 0) is 14.3 Å². The van der Waals surface area contributed by atoms with Crippen molar-refractivity contribution in [2.45, 2.75) is 51.6 Å². The first-order chi connectivity index (χ1) is 10.1. The van der Waals surface area contributed by atoms with Gasteiger partial charge >= 0.3 is 0 Å². The molecule has 21 heavy (non-hydrogen) atoms. The van der Waals surface area contributed by atoms with Crippen LogP contribution in [0.4, 0.5) is 0 Å². The van der Waals surface area contributed by atoms with Gasteiger partial charge in [-0.25, -0.2) is 0 Å². The molecule has 2 fully saturated rings. The fraction of sp³-hybridized carbons (Fsp3) is 0.667. The molecule has 0 aromatic rings. The number of carbonyl (C=O) groups is 2. The zero-order valence-corrected chi connectivity index (χ0v) is 12.7. The third kappa shape index (κ3) is 1.27. The maximum Gasteiger partial charge on any atom is 0.186 e. The lowest BCUT2D eigenvalue weighted by Crippen LogP contribution is -2.52. The lowest BCUT2D eigenvalue weighted by molar-refractivity contribution is -0.145. The Morgan fingerprint density at radius 2 is 2.14 bits per heavy atom. The highest BCUT2D eigenvalue weighted by Gasteiger charge is 2.77. The number of Topliss-reactive ketones (excluding diaryl/α,β-unsaturated/α-hetero) is 2. The lowest BCUT2D eigenvalue weighted by atomic mass is 9.66. The predicted molar refractivity (Wildman–Crippen MR) is 78.4 cm³/mol. The Hall–Kier alpha value is -1.38. The molecule has 2 spiro atoms. The standard InChI is InChI=1S/C18H22O3/c1-3-4-5-12-10-17-11(2)15(19)8-13(17)9-16(20)18(17)14(12)6-7-21-18/h6-7,10-11,13-14H,3-5,8-9H2,1-2H3/t11-,13-,14-,17-,18+/m0/s1. The van der Waals surface area contributed by atoms with Crippen LogP contribution in [0.2, 0.25) is 0 Å². The molecule has 2 saturated carbocycles. The van der Waals surface area contributed by atoms with Crippen LogP contribution in [0.1, 0.15) is 46.0 Å². The van der Waals surface area contributed by atoms with E-state index in [4.69, 9.17) is 4.74 Å². The number of rotatable bonds is 3. The minimum Gasteiger partial charge on any atom is -0.485 e. The molecule has 0 aromatic carbocycles. The van der Waals surface area contributed by atoms with Gasteiger partial charge in [0.1, 0.15) is 5.78 Å². The van der Waals surface area contributed by atoms with E-state index in [1.807, 2.05) is 13.0 Å². The zero-order valence-electron chi connectivity index (χ0n) is 12.7. The van der Waals surface area contributed by atoms with E-state index in [-0.39, 0.29) is 29.0 Å². The minimum atomic E-state index is -0.785. The highest BCUT2D eigenvalue weighted by atomic mass is 16.5. The normalized spacial score (nSPS) is 46.4. The van der Waals surface area contributed by atoms with Crippen LogP contribution in [-0.4, -0.2) is 17.2 Å². The average molecular weight is 286 g/mol. The quantitative estimate of drug-likeness (QED) is 0.748. The monoisotopic (exact) mass is 286 g/mol. The summed E-state index contributed by atoms with van der Waals surface area (Å²) >= 11 is 0. The Bertz CT molecular complexity index is 587. The van der Waals surface area contributed by atoms with E-state index in [0.29, 0.717) is 18.6 Å². The highest BCUT2D eigenvalue weighted by Crippen LogP contribution is 2.70. The van der Waals surface area contributed by atoms with Crippen molar-refractivity contribution in [2.75, 3.05) is 0 Å². The van der Waals surface area contributed by atoms with Gasteiger partial charge in [-0.05, 0) is 24.8 Å². The van der Waals surface area contributed by atoms with Crippen LogP contribution >= 0.6 is 0 Å². The Balaban J connectivity index is 1.87. The Morgan fingerprint density at radius 1 is 1.33 bits per heavy atom.